The van der Waals surface area contributed by atoms with Crippen LogP contribution in [0.4, 0.5) is 4.79 Å². The summed E-state index contributed by atoms with van der Waals surface area (Å²) in [5.41, 5.74) is 0.259. The molecular weight excluding hydrogens is 356 g/mol. The molecule has 0 spiro atoms. The zero-order valence-corrected chi connectivity index (χ0v) is 17.3. The summed E-state index contributed by atoms with van der Waals surface area (Å²) in [5.74, 6) is 0.785. The van der Waals surface area contributed by atoms with Gasteiger partial charge in [-0.3, -0.25) is 9.08 Å². The number of amides is 1. The molecule has 2 aliphatic heterocycles. The molecular formula is C18H34N2O5S. The molecule has 8 heteroatoms. The number of nitrogens with one attached hydrogen (secondary N) is 1. The first-order chi connectivity index (χ1) is 12.0. The third-order valence-electron chi connectivity index (χ3n) is 5.40. The highest BCUT2D eigenvalue weighted by atomic mass is 32.2. The highest BCUT2D eigenvalue weighted by molar-refractivity contribution is 7.85. The number of nitrogens with zero attached hydrogens (tertiary/aromatic N) is 1. The van der Waals surface area contributed by atoms with Crippen molar-refractivity contribution >= 4 is 16.2 Å². The van der Waals surface area contributed by atoms with Gasteiger partial charge in [0.1, 0.15) is 12.7 Å². The summed E-state index contributed by atoms with van der Waals surface area (Å²) >= 11 is 0. The smallest absolute Gasteiger partial charge is 0.407 e. The van der Waals surface area contributed by atoms with E-state index in [1.54, 1.807) is 0 Å². The summed E-state index contributed by atoms with van der Waals surface area (Å²) in [4.78, 5) is 14.0. The van der Waals surface area contributed by atoms with Gasteiger partial charge in [-0.05, 0) is 59.0 Å². The van der Waals surface area contributed by atoms with Crippen molar-refractivity contribution in [2.75, 3.05) is 26.0 Å². The van der Waals surface area contributed by atoms with Crippen LogP contribution in [-0.2, 0) is 19.0 Å². The lowest BCUT2D eigenvalue weighted by molar-refractivity contribution is 0.0838. The fourth-order valence-electron chi connectivity index (χ4n) is 3.79. The van der Waals surface area contributed by atoms with E-state index < -0.39 is 22.3 Å². The van der Waals surface area contributed by atoms with Crippen molar-refractivity contribution in [1.29, 1.82) is 0 Å². The standard InChI is InChI=1S/C18H34N2O5S/c1-18(2,3)20-11-9-14(10-12-20)7-5-6-8-15-16(25-17(21)19-15)13-24-26(4,22)23/h14-16H,5-13H2,1-4H3,(H,19,21). The Bertz CT molecular complexity index is 565. The Kier molecular flexibility index (Phi) is 7.33. The average molecular weight is 391 g/mol. The third-order valence-corrected chi connectivity index (χ3v) is 5.96. The minimum Gasteiger partial charge on any atom is -0.442 e. The molecule has 2 rings (SSSR count). The summed E-state index contributed by atoms with van der Waals surface area (Å²) in [6.45, 7) is 9.05. The molecule has 0 aromatic heterocycles. The largest absolute Gasteiger partial charge is 0.442 e. The second-order valence-corrected chi connectivity index (χ2v) is 10.2. The van der Waals surface area contributed by atoms with Gasteiger partial charge in [-0.2, -0.15) is 8.42 Å². The van der Waals surface area contributed by atoms with E-state index >= 15 is 0 Å². The third kappa shape index (κ3) is 7.04. The molecule has 2 heterocycles. The van der Waals surface area contributed by atoms with E-state index in [4.69, 9.17) is 8.92 Å². The molecule has 1 amide bonds. The number of likely N-dealkylation sites (tertiary alicyclic amines) is 1. The number of hydrogen-bond donors (Lipinski definition) is 1. The fraction of sp³-hybridized carbons (Fsp3) is 0.944. The summed E-state index contributed by atoms with van der Waals surface area (Å²) in [6, 6.07) is -0.174. The quantitative estimate of drug-likeness (QED) is 0.506. The van der Waals surface area contributed by atoms with Crippen LogP contribution in [0.2, 0.25) is 0 Å². The van der Waals surface area contributed by atoms with Gasteiger partial charge >= 0.3 is 6.09 Å². The van der Waals surface area contributed by atoms with Crippen molar-refractivity contribution in [2.45, 2.75) is 77.0 Å². The Morgan fingerprint density at radius 3 is 2.38 bits per heavy atom. The van der Waals surface area contributed by atoms with E-state index in [2.05, 4.69) is 31.0 Å². The van der Waals surface area contributed by atoms with Gasteiger partial charge in [0.2, 0.25) is 0 Å². The molecule has 0 aliphatic carbocycles. The Labute approximate surface area is 157 Å². The van der Waals surface area contributed by atoms with E-state index in [0.29, 0.717) is 0 Å². The lowest BCUT2D eigenvalue weighted by Crippen LogP contribution is -2.46. The number of alkyl carbamates (subject to hydrolysis) is 1. The predicted molar refractivity (Wildman–Crippen MR) is 101 cm³/mol. The molecule has 0 radical (unpaired) electrons. The molecule has 0 aromatic rings. The molecule has 2 fully saturated rings. The van der Waals surface area contributed by atoms with Crippen molar-refractivity contribution in [3.8, 4) is 0 Å². The number of ether oxygens (including phenoxy) is 1. The number of cyclic esters (lactones) is 1. The molecule has 7 nitrogen and oxygen atoms in total. The minimum atomic E-state index is -3.53. The zero-order chi connectivity index (χ0) is 19.4. The second-order valence-electron chi connectivity index (χ2n) is 8.57. The van der Waals surface area contributed by atoms with Gasteiger partial charge in [0.25, 0.3) is 10.1 Å². The maximum Gasteiger partial charge on any atom is 0.407 e. The highest BCUT2D eigenvalue weighted by Crippen LogP contribution is 2.27. The fourth-order valence-corrected chi connectivity index (χ4v) is 4.17. The molecule has 2 saturated heterocycles. The number of hydrogen-bond acceptors (Lipinski definition) is 6. The van der Waals surface area contributed by atoms with Crippen LogP contribution in [0.5, 0.6) is 0 Å². The SMILES string of the molecule is CC(C)(C)N1CCC(CCCCC2NC(=O)OC2COS(C)(=O)=O)CC1. The van der Waals surface area contributed by atoms with Crippen LogP contribution in [0.1, 0.15) is 59.3 Å². The Balaban J connectivity index is 1.65. The maximum absolute atomic E-state index is 11.4. The highest BCUT2D eigenvalue weighted by Gasteiger charge is 2.34. The molecule has 0 aromatic carbocycles. The van der Waals surface area contributed by atoms with Crippen LogP contribution in [0.15, 0.2) is 0 Å². The second kappa shape index (κ2) is 8.89. The minimum absolute atomic E-state index is 0.118. The van der Waals surface area contributed by atoms with Gasteiger partial charge < -0.3 is 10.1 Å². The molecule has 2 unspecified atom stereocenters. The van der Waals surface area contributed by atoms with Crippen LogP contribution < -0.4 is 5.32 Å². The van der Waals surface area contributed by atoms with Crippen molar-refractivity contribution < 1.29 is 22.1 Å². The molecule has 0 bridgehead atoms. The van der Waals surface area contributed by atoms with Gasteiger partial charge in [-0.15, -0.1) is 0 Å². The van der Waals surface area contributed by atoms with Gasteiger partial charge in [-0.1, -0.05) is 19.3 Å². The topological polar surface area (TPSA) is 84.9 Å². The first-order valence-electron chi connectivity index (χ1n) is 9.61. The normalized spacial score (nSPS) is 25.9. The molecule has 0 saturated carbocycles. The summed E-state index contributed by atoms with van der Waals surface area (Å²) in [6.07, 6.45) is 6.58. The van der Waals surface area contributed by atoms with Crippen LogP contribution in [0.3, 0.4) is 0 Å². The summed E-state index contributed by atoms with van der Waals surface area (Å²) < 4.78 is 32.1. The van der Waals surface area contributed by atoms with Crippen molar-refractivity contribution in [2.24, 2.45) is 5.92 Å². The average Bonchev–Trinajstić information content (AvgIpc) is 2.88. The van der Waals surface area contributed by atoms with Crippen LogP contribution in [0, 0.1) is 5.92 Å². The number of carbonyl (C=O) groups is 1. The number of piperidine rings is 1. The van der Waals surface area contributed by atoms with E-state index in [1.807, 2.05) is 0 Å². The predicted octanol–water partition coefficient (Wildman–Crippen LogP) is 2.51. The molecule has 152 valence electrons. The van der Waals surface area contributed by atoms with E-state index in [1.165, 1.54) is 32.4 Å². The van der Waals surface area contributed by atoms with Gasteiger partial charge in [0, 0.05) is 5.54 Å². The zero-order valence-electron chi connectivity index (χ0n) is 16.5. The van der Waals surface area contributed by atoms with E-state index in [-0.39, 0.29) is 18.2 Å². The van der Waals surface area contributed by atoms with Gasteiger partial charge in [0.05, 0.1) is 12.3 Å². The Morgan fingerprint density at radius 1 is 1.19 bits per heavy atom. The lowest BCUT2D eigenvalue weighted by Gasteiger charge is -2.41. The number of rotatable bonds is 8. The van der Waals surface area contributed by atoms with E-state index in [0.717, 1.165) is 31.4 Å². The van der Waals surface area contributed by atoms with Crippen molar-refractivity contribution in [3.63, 3.8) is 0 Å². The van der Waals surface area contributed by atoms with Crippen LogP contribution in [-0.4, -0.2) is 63.0 Å². The Morgan fingerprint density at radius 2 is 1.81 bits per heavy atom. The maximum atomic E-state index is 11.4. The molecule has 2 atom stereocenters. The first-order valence-corrected chi connectivity index (χ1v) is 11.4. The Hall–Kier alpha value is -0.860. The molecule has 26 heavy (non-hydrogen) atoms. The van der Waals surface area contributed by atoms with Crippen molar-refractivity contribution in [1.82, 2.24) is 10.2 Å². The number of unbranched alkanes of at least 4 members (excludes halogenated alkanes) is 1. The van der Waals surface area contributed by atoms with Gasteiger partial charge in [-0.25, -0.2) is 4.79 Å². The van der Waals surface area contributed by atoms with Gasteiger partial charge in [0.15, 0.2) is 0 Å². The van der Waals surface area contributed by atoms with Crippen LogP contribution in [0.25, 0.3) is 0 Å². The summed E-state index contributed by atoms with van der Waals surface area (Å²) in [5, 5.41) is 2.76. The molecule has 1 N–H and O–H groups in total. The monoisotopic (exact) mass is 390 g/mol. The van der Waals surface area contributed by atoms with Crippen LogP contribution >= 0.6 is 0 Å². The number of carbonyl (C=O) groups excluding carboxylic acids is 1. The lowest BCUT2D eigenvalue weighted by atomic mass is 9.88. The molecule has 2 aliphatic rings. The summed E-state index contributed by atoms with van der Waals surface area (Å²) in [7, 11) is -3.53. The first kappa shape index (κ1) is 21.4. The van der Waals surface area contributed by atoms with Crippen molar-refractivity contribution in [3.05, 3.63) is 0 Å². The van der Waals surface area contributed by atoms with E-state index in [9.17, 15) is 13.2 Å².